The van der Waals surface area contributed by atoms with Gasteiger partial charge in [-0.3, -0.25) is 14.4 Å². The Bertz CT molecular complexity index is 951. The maximum atomic E-state index is 6.05. The molecule has 0 unspecified atom stereocenters. The largest absolute Gasteiger partial charge is 0.385 e. The van der Waals surface area contributed by atoms with Crippen molar-refractivity contribution in [3.63, 3.8) is 0 Å². The highest BCUT2D eigenvalue weighted by atomic mass is 16.4. The van der Waals surface area contributed by atoms with Crippen molar-refractivity contribution in [2.45, 2.75) is 6.54 Å². The van der Waals surface area contributed by atoms with Crippen LogP contribution in [0.1, 0.15) is 5.56 Å². The summed E-state index contributed by atoms with van der Waals surface area (Å²) in [5, 5.41) is 0. The Balaban J connectivity index is 1.93. The van der Waals surface area contributed by atoms with Crippen molar-refractivity contribution < 1.29 is 8.98 Å². The minimum Gasteiger partial charge on any atom is -0.380 e. The van der Waals surface area contributed by atoms with Gasteiger partial charge in [0, 0.05) is 36.4 Å². The Hall–Kier alpha value is -2.69. The van der Waals surface area contributed by atoms with Gasteiger partial charge in [0.05, 0.1) is 11.7 Å². The fourth-order valence-corrected chi connectivity index (χ4v) is 2.82. The third-order valence-corrected chi connectivity index (χ3v) is 3.71. The van der Waals surface area contributed by atoms with Crippen molar-refractivity contribution in [1.29, 1.82) is 0 Å². The van der Waals surface area contributed by atoms with Crippen LogP contribution in [0.2, 0.25) is 0 Å². The van der Waals surface area contributed by atoms with E-state index in [2.05, 4.69) is 20.6 Å². The van der Waals surface area contributed by atoms with Crippen LogP contribution in [-0.2, 0) is 6.54 Å². The minimum absolute atomic E-state index is 0.838. The zero-order valence-electron chi connectivity index (χ0n) is 9.95. The number of hydrogen-bond acceptors (Lipinski definition) is 3. The van der Waals surface area contributed by atoms with Crippen molar-refractivity contribution in [2.24, 2.45) is 0 Å². The molecule has 4 aromatic rings. The molecule has 4 aromatic heterocycles. The van der Waals surface area contributed by atoms with Crippen LogP contribution in [0.3, 0.4) is 0 Å². The van der Waals surface area contributed by atoms with Crippen LogP contribution in [0, 0.1) is 0 Å². The van der Waals surface area contributed by atoms with Crippen molar-refractivity contribution in [2.75, 3.05) is 0 Å². The summed E-state index contributed by atoms with van der Waals surface area (Å²) in [6.45, 7) is 0.838. The predicted molar refractivity (Wildman–Crippen MR) is 67.5 cm³/mol. The second-order valence-corrected chi connectivity index (χ2v) is 4.73. The van der Waals surface area contributed by atoms with Crippen molar-refractivity contribution >= 4 is 16.7 Å². The van der Waals surface area contributed by atoms with Gasteiger partial charge < -0.3 is 4.42 Å². The first-order valence-electron chi connectivity index (χ1n) is 6.12. The van der Waals surface area contributed by atoms with E-state index >= 15 is 0 Å². The van der Waals surface area contributed by atoms with Gasteiger partial charge in [-0.15, -0.1) is 0 Å². The van der Waals surface area contributed by atoms with E-state index in [9.17, 15) is 0 Å². The smallest absolute Gasteiger partial charge is 0.380 e. The first kappa shape index (κ1) is 9.27. The number of hydrogen-bond donors (Lipinski definition) is 0. The Morgan fingerprint density at radius 2 is 2.16 bits per heavy atom. The van der Waals surface area contributed by atoms with Gasteiger partial charge in [-0.05, 0) is 6.07 Å². The van der Waals surface area contributed by atoms with Crippen molar-refractivity contribution in [1.82, 2.24) is 14.4 Å². The summed E-state index contributed by atoms with van der Waals surface area (Å²) in [6.07, 6.45) is 9.21. The second-order valence-electron chi connectivity index (χ2n) is 4.73. The lowest BCUT2D eigenvalue weighted by atomic mass is 10.2. The summed E-state index contributed by atoms with van der Waals surface area (Å²) < 4.78 is 10.3. The monoisotopic (exact) mass is 249 g/mol. The van der Waals surface area contributed by atoms with Gasteiger partial charge in [-0.2, -0.15) is 4.57 Å². The summed E-state index contributed by atoms with van der Waals surface area (Å²) in [6, 6.07) is 4.15. The molecular formula is C14H9N4O+. The predicted octanol–water partition coefficient (Wildman–Crippen LogP) is 1.79. The number of aromatic nitrogens is 4. The molecule has 0 saturated heterocycles. The van der Waals surface area contributed by atoms with E-state index < -0.39 is 0 Å². The highest BCUT2D eigenvalue weighted by Crippen LogP contribution is 2.31. The molecule has 90 valence electrons. The zero-order valence-corrected chi connectivity index (χ0v) is 9.95. The van der Waals surface area contributed by atoms with Crippen LogP contribution in [-0.4, -0.2) is 14.4 Å². The minimum atomic E-state index is 0.838. The second kappa shape index (κ2) is 3.00. The van der Waals surface area contributed by atoms with Gasteiger partial charge in [-0.25, -0.2) is 0 Å². The van der Waals surface area contributed by atoms with Gasteiger partial charge in [0.2, 0.25) is 0 Å². The molecule has 0 fully saturated rings. The Morgan fingerprint density at radius 1 is 1.21 bits per heavy atom. The van der Waals surface area contributed by atoms with E-state index in [4.69, 9.17) is 4.42 Å². The summed E-state index contributed by atoms with van der Waals surface area (Å²) in [5.41, 5.74) is 5.34. The summed E-state index contributed by atoms with van der Waals surface area (Å²) in [7, 11) is 0. The molecule has 5 nitrogen and oxygen atoms in total. The molecule has 0 N–H and O–H groups in total. The lowest BCUT2D eigenvalue weighted by Crippen LogP contribution is -2.30. The maximum Gasteiger partial charge on any atom is 0.385 e. The molecule has 5 heterocycles. The van der Waals surface area contributed by atoms with E-state index in [1.54, 1.807) is 6.20 Å². The Morgan fingerprint density at radius 3 is 3.16 bits per heavy atom. The average molecular weight is 249 g/mol. The summed E-state index contributed by atoms with van der Waals surface area (Å²) >= 11 is 0. The number of oxazole rings is 1. The van der Waals surface area contributed by atoms with Crippen molar-refractivity contribution in [3.05, 3.63) is 48.7 Å². The van der Waals surface area contributed by atoms with E-state index in [1.807, 2.05) is 35.3 Å². The maximum absolute atomic E-state index is 6.05. The van der Waals surface area contributed by atoms with E-state index in [-0.39, 0.29) is 0 Å². The van der Waals surface area contributed by atoms with Gasteiger partial charge in [0.25, 0.3) is 11.2 Å². The first-order chi connectivity index (χ1) is 9.42. The van der Waals surface area contributed by atoms with Gasteiger partial charge >= 0.3 is 5.89 Å². The van der Waals surface area contributed by atoms with Gasteiger partial charge in [0.1, 0.15) is 5.56 Å². The average Bonchev–Trinajstić information content (AvgIpc) is 3.07. The molecule has 0 aromatic carbocycles. The lowest BCUT2D eigenvalue weighted by molar-refractivity contribution is -0.649. The summed E-state index contributed by atoms with van der Waals surface area (Å²) in [5.74, 6) is 0.888. The van der Waals surface area contributed by atoms with E-state index in [1.165, 1.54) is 5.56 Å². The fraction of sp³-hybridized carbons (Fsp3) is 0.0714. The van der Waals surface area contributed by atoms with Crippen LogP contribution in [0.4, 0.5) is 0 Å². The molecule has 0 radical (unpaired) electrons. The number of nitrogens with zero attached hydrogens (tertiary/aromatic N) is 4. The topological polar surface area (TPSA) is 47.2 Å². The van der Waals surface area contributed by atoms with E-state index in [0.717, 1.165) is 34.7 Å². The molecule has 0 atom stereocenters. The third kappa shape index (κ3) is 1.03. The molecule has 1 aliphatic heterocycles. The molecule has 0 bridgehead atoms. The lowest BCUT2D eigenvalue weighted by Gasteiger charge is -1.91. The number of fused-ring (bicyclic) bond motifs is 7. The Kier molecular flexibility index (Phi) is 1.46. The molecule has 5 heteroatoms. The SMILES string of the molecule is c1cc2c(cn1)-c1oc3c(cc4cnccn43)[n+]1C2. The molecular weight excluding hydrogens is 240 g/mol. The number of pyridine rings is 1. The quantitative estimate of drug-likeness (QED) is 0.393. The summed E-state index contributed by atoms with van der Waals surface area (Å²) in [4.78, 5) is 8.32. The molecule has 0 saturated carbocycles. The first-order valence-corrected chi connectivity index (χ1v) is 6.12. The molecule has 0 spiro atoms. The van der Waals surface area contributed by atoms with Gasteiger partial charge in [0.15, 0.2) is 6.54 Å². The fourth-order valence-electron chi connectivity index (χ4n) is 2.82. The third-order valence-electron chi connectivity index (χ3n) is 3.71. The van der Waals surface area contributed by atoms with Crippen LogP contribution in [0.5, 0.6) is 0 Å². The molecule has 1 aliphatic rings. The zero-order chi connectivity index (χ0) is 12.4. The van der Waals surface area contributed by atoms with Crippen LogP contribution in [0.15, 0.2) is 47.5 Å². The highest BCUT2D eigenvalue weighted by molar-refractivity contribution is 5.78. The van der Waals surface area contributed by atoms with E-state index in [0.29, 0.717) is 0 Å². The normalized spacial score (nSPS) is 13.1. The molecule has 5 rings (SSSR count). The van der Waals surface area contributed by atoms with Crippen LogP contribution in [0.25, 0.3) is 28.2 Å². The standard InChI is InChI=1S/C14H9N4O/c1-2-15-7-11-9(1)8-18-12-5-10-6-16-3-4-17(10)14(12)19-13(11)18/h1-7H,8H2/q+1. The Labute approximate surface area is 107 Å². The highest BCUT2D eigenvalue weighted by Gasteiger charge is 2.35. The van der Waals surface area contributed by atoms with Gasteiger partial charge in [-0.1, -0.05) is 0 Å². The van der Waals surface area contributed by atoms with Crippen LogP contribution < -0.4 is 4.57 Å². The molecule has 19 heavy (non-hydrogen) atoms. The molecule has 0 aliphatic carbocycles. The number of rotatable bonds is 0. The van der Waals surface area contributed by atoms with Crippen LogP contribution >= 0.6 is 0 Å². The van der Waals surface area contributed by atoms with Crippen molar-refractivity contribution in [3.8, 4) is 11.5 Å². The molecule has 0 amide bonds.